The Morgan fingerprint density at radius 1 is 1.11 bits per heavy atom. The molecule has 2 nitrogen and oxygen atoms in total. The molecule has 0 amide bonds. The van der Waals surface area contributed by atoms with Crippen molar-refractivity contribution in [3.05, 3.63) is 0 Å². The molecular weight excluding hydrogens is 232 g/mol. The molecule has 1 rings (SSSR count). The van der Waals surface area contributed by atoms with Gasteiger partial charge in [0, 0.05) is 11.6 Å². The van der Waals surface area contributed by atoms with E-state index >= 15 is 0 Å². The van der Waals surface area contributed by atoms with Crippen molar-refractivity contribution in [2.45, 2.75) is 84.7 Å². The van der Waals surface area contributed by atoms with E-state index in [-0.39, 0.29) is 0 Å². The van der Waals surface area contributed by atoms with Gasteiger partial charge < -0.3 is 5.32 Å². The summed E-state index contributed by atoms with van der Waals surface area (Å²) in [6.07, 6.45) is 7.94. The van der Waals surface area contributed by atoms with Crippen molar-refractivity contribution in [2.24, 2.45) is 5.92 Å². The molecule has 0 aromatic carbocycles. The van der Waals surface area contributed by atoms with Crippen molar-refractivity contribution >= 4 is 0 Å². The highest BCUT2D eigenvalue weighted by Gasteiger charge is 2.40. The Bertz CT molecular complexity index is 235. The quantitative estimate of drug-likeness (QED) is 0.714. The van der Waals surface area contributed by atoms with Gasteiger partial charge in [0.05, 0.1) is 0 Å². The van der Waals surface area contributed by atoms with Crippen LogP contribution in [0.3, 0.4) is 0 Å². The molecule has 1 fully saturated rings. The van der Waals surface area contributed by atoms with Gasteiger partial charge in [0.15, 0.2) is 0 Å². The Kier molecular flexibility index (Phi) is 7.38. The Morgan fingerprint density at radius 2 is 1.74 bits per heavy atom. The van der Waals surface area contributed by atoms with Crippen LogP contribution >= 0.6 is 0 Å². The number of rotatable bonds is 8. The Morgan fingerprint density at radius 3 is 2.21 bits per heavy atom. The molecule has 0 aromatic heterocycles. The zero-order valence-electron chi connectivity index (χ0n) is 14.0. The fourth-order valence-corrected chi connectivity index (χ4v) is 3.61. The van der Waals surface area contributed by atoms with Crippen molar-refractivity contribution in [2.75, 3.05) is 19.6 Å². The minimum atomic E-state index is 0.324. The predicted molar refractivity (Wildman–Crippen MR) is 85.7 cm³/mol. The summed E-state index contributed by atoms with van der Waals surface area (Å²) in [4.78, 5) is 2.77. The maximum atomic E-state index is 3.87. The minimum absolute atomic E-state index is 0.324. The van der Waals surface area contributed by atoms with Crippen LogP contribution in [0.4, 0.5) is 0 Å². The summed E-state index contributed by atoms with van der Waals surface area (Å²) in [6, 6.07) is 0.626. The van der Waals surface area contributed by atoms with Gasteiger partial charge in [-0.2, -0.15) is 0 Å². The summed E-state index contributed by atoms with van der Waals surface area (Å²) in [7, 11) is 0. The van der Waals surface area contributed by atoms with Gasteiger partial charge in [-0.1, -0.05) is 40.5 Å². The van der Waals surface area contributed by atoms with Gasteiger partial charge in [-0.3, -0.25) is 4.90 Å². The minimum Gasteiger partial charge on any atom is -0.312 e. The van der Waals surface area contributed by atoms with Crippen molar-refractivity contribution in [3.8, 4) is 0 Å². The highest BCUT2D eigenvalue weighted by molar-refractivity contribution is 4.99. The monoisotopic (exact) mass is 268 g/mol. The summed E-state index contributed by atoms with van der Waals surface area (Å²) in [6.45, 7) is 15.6. The van der Waals surface area contributed by atoms with Gasteiger partial charge in [-0.25, -0.2) is 0 Å². The summed E-state index contributed by atoms with van der Waals surface area (Å²) >= 11 is 0. The first-order valence-corrected chi connectivity index (χ1v) is 8.58. The molecule has 0 saturated carbocycles. The molecule has 0 spiro atoms. The Labute approximate surface area is 121 Å². The standard InChI is InChI=1S/C17H36N2/c1-6-12-18-16(15(4)7-2)17(5,8-3)19-13-10-9-11-14-19/h15-16,18H,6-14H2,1-5H3. The first kappa shape index (κ1) is 17.0. The number of nitrogens with zero attached hydrogens (tertiary/aromatic N) is 1. The molecule has 3 atom stereocenters. The molecule has 114 valence electrons. The maximum Gasteiger partial charge on any atom is 0.0334 e. The summed E-state index contributed by atoms with van der Waals surface area (Å²) in [5.41, 5.74) is 0.324. The first-order chi connectivity index (χ1) is 9.10. The van der Waals surface area contributed by atoms with E-state index in [1.807, 2.05) is 0 Å². The van der Waals surface area contributed by atoms with E-state index in [1.165, 1.54) is 51.6 Å². The lowest BCUT2D eigenvalue weighted by Gasteiger charge is -2.50. The lowest BCUT2D eigenvalue weighted by atomic mass is 9.78. The zero-order valence-corrected chi connectivity index (χ0v) is 14.0. The molecule has 2 heteroatoms. The number of nitrogens with one attached hydrogen (secondary N) is 1. The molecule has 0 aromatic rings. The van der Waals surface area contributed by atoms with Crippen LogP contribution in [-0.4, -0.2) is 36.1 Å². The fourth-order valence-electron chi connectivity index (χ4n) is 3.61. The molecule has 0 aliphatic carbocycles. The van der Waals surface area contributed by atoms with Gasteiger partial charge in [-0.05, 0) is 58.2 Å². The summed E-state index contributed by atoms with van der Waals surface area (Å²) in [5.74, 6) is 0.749. The van der Waals surface area contributed by atoms with E-state index in [0.29, 0.717) is 11.6 Å². The molecule has 19 heavy (non-hydrogen) atoms. The van der Waals surface area contributed by atoms with Crippen LogP contribution in [0.1, 0.15) is 73.1 Å². The zero-order chi connectivity index (χ0) is 14.3. The van der Waals surface area contributed by atoms with E-state index in [2.05, 4.69) is 44.8 Å². The number of piperidine rings is 1. The van der Waals surface area contributed by atoms with Gasteiger partial charge in [0.2, 0.25) is 0 Å². The Hall–Kier alpha value is -0.0800. The fraction of sp³-hybridized carbons (Fsp3) is 1.00. The molecule has 1 aliphatic heterocycles. The van der Waals surface area contributed by atoms with E-state index in [4.69, 9.17) is 0 Å². The topological polar surface area (TPSA) is 15.3 Å². The average molecular weight is 268 g/mol. The maximum absolute atomic E-state index is 3.87. The third-order valence-corrected chi connectivity index (χ3v) is 5.29. The molecule has 0 radical (unpaired) electrons. The summed E-state index contributed by atoms with van der Waals surface area (Å²) in [5, 5.41) is 3.87. The van der Waals surface area contributed by atoms with Crippen molar-refractivity contribution in [1.82, 2.24) is 10.2 Å². The largest absolute Gasteiger partial charge is 0.312 e. The second-order valence-electron chi connectivity index (χ2n) is 6.58. The van der Waals surface area contributed by atoms with Gasteiger partial charge >= 0.3 is 0 Å². The lowest BCUT2D eigenvalue weighted by molar-refractivity contribution is 0.0249. The third kappa shape index (κ3) is 4.19. The first-order valence-electron chi connectivity index (χ1n) is 8.58. The van der Waals surface area contributed by atoms with Crippen LogP contribution in [-0.2, 0) is 0 Å². The summed E-state index contributed by atoms with van der Waals surface area (Å²) < 4.78 is 0. The SMILES string of the molecule is CCCNC(C(C)CC)C(C)(CC)N1CCCCC1. The number of likely N-dealkylation sites (tertiary alicyclic amines) is 1. The third-order valence-electron chi connectivity index (χ3n) is 5.29. The van der Waals surface area contributed by atoms with Crippen LogP contribution < -0.4 is 5.32 Å². The van der Waals surface area contributed by atoms with Crippen LogP contribution in [0.25, 0.3) is 0 Å². The molecule has 0 bridgehead atoms. The number of hydrogen-bond donors (Lipinski definition) is 1. The van der Waals surface area contributed by atoms with Crippen LogP contribution in [0.5, 0.6) is 0 Å². The van der Waals surface area contributed by atoms with Crippen molar-refractivity contribution < 1.29 is 0 Å². The van der Waals surface area contributed by atoms with Gasteiger partial charge in [0.25, 0.3) is 0 Å². The second-order valence-corrected chi connectivity index (χ2v) is 6.58. The van der Waals surface area contributed by atoms with Gasteiger partial charge in [0.1, 0.15) is 0 Å². The predicted octanol–water partition coefficient (Wildman–Crippen LogP) is 4.06. The van der Waals surface area contributed by atoms with E-state index < -0.39 is 0 Å². The smallest absolute Gasteiger partial charge is 0.0334 e. The normalized spacial score (nSPS) is 23.8. The average Bonchev–Trinajstić information content (AvgIpc) is 2.47. The highest BCUT2D eigenvalue weighted by atomic mass is 15.2. The second kappa shape index (κ2) is 8.26. The lowest BCUT2D eigenvalue weighted by Crippen LogP contribution is -2.62. The van der Waals surface area contributed by atoms with E-state index in [0.717, 1.165) is 12.5 Å². The number of hydrogen-bond acceptors (Lipinski definition) is 2. The van der Waals surface area contributed by atoms with E-state index in [1.54, 1.807) is 0 Å². The van der Waals surface area contributed by atoms with Gasteiger partial charge in [-0.15, -0.1) is 0 Å². The molecular formula is C17H36N2. The Balaban J connectivity index is 2.84. The highest BCUT2D eigenvalue weighted by Crippen LogP contribution is 2.31. The van der Waals surface area contributed by atoms with Crippen molar-refractivity contribution in [3.63, 3.8) is 0 Å². The van der Waals surface area contributed by atoms with Crippen LogP contribution in [0, 0.1) is 5.92 Å². The molecule has 1 heterocycles. The molecule has 1 N–H and O–H groups in total. The van der Waals surface area contributed by atoms with Crippen LogP contribution in [0.15, 0.2) is 0 Å². The molecule has 3 unspecified atom stereocenters. The van der Waals surface area contributed by atoms with E-state index in [9.17, 15) is 0 Å². The van der Waals surface area contributed by atoms with Crippen LogP contribution in [0.2, 0.25) is 0 Å². The molecule has 1 saturated heterocycles. The van der Waals surface area contributed by atoms with Crippen molar-refractivity contribution in [1.29, 1.82) is 0 Å². The molecule has 1 aliphatic rings.